The van der Waals surface area contributed by atoms with Crippen LogP contribution in [0.3, 0.4) is 0 Å². The van der Waals surface area contributed by atoms with Crippen molar-refractivity contribution in [1.82, 2.24) is 14.7 Å². The van der Waals surface area contributed by atoms with Gasteiger partial charge in [-0.2, -0.15) is 0 Å². The molecule has 8 heteroatoms. The Hall–Kier alpha value is -1.80. The van der Waals surface area contributed by atoms with Crippen molar-refractivity contribution in [1.29, 1.82) is 0 Å². The van der Waals surface area contributed by atoms with Crippen molar-refractivity contribution in [2.45, 2.75) is 74.8 Å². The van der Waals surface area contributed by atoms with Crippen molar-refractivity contribution in [2.75, 3.05) is 39.8 Å². The van der Waals surface area contributed by atoms with Crippen LogP contribution in [0.1, 0.15) is 58.8 Å². The number of aliphatic hydroxyl groups is 1. The number of likely N-dealkylation sites (N-methyl/N-ethyl adjacent to an activating group) is 1. The summed E-state index contributed by atoms with van der Waals surface area (Å²) in [5.41, 5.74) is 0. The Morgan fingerprint density at radius 1 is 1.14 bits per heavy atom. The molecule has 202 valence electrons. The van der Waals surface area contributed by atoms with Gasteiger partial charge in [0.05, 0.1) is 16.6 Å². The first-order chi connectivity index (χ1) is 17.3. The van der Waals surface area contributed by atoms with Crippen LogP contribution in [-0.2, 0) is 14.4 Å². The maximum absolute atomic E-state index is 14.3. The zero-order valence-corrected chi connectivity index (χ0v) is 23.2. The molecule has 3 heterocycles. The first-order valence-electron chi connectivity index (χ1n) is 13.6. The smallest absolute Gasteiger partial charge is 0.247 e. The molecule has 7 nitrogen and oxygen atoms in total. The Morgan fingerprint density at radius 2 is 1.86 bits per heavy atom. The monoisotopic (exact) mass is 519 g/mol. The molecule has 3 saturated heterocycles. The van der Waals surface area contributed by atoms with E-state index < -0.39 is 22.6 Å². The summed E-state index contributed by atoms with van der Waals surface area (Å²) in [6, 6.07) is -0.571. The third kappa shape index (κ3) is 5.13. The van der Waals surface area contributed by atoms with Gasteiger partial charge < -0.3 is 19.8 Å². The van der Waals surface area contributed by atoms with Crippen LogP contribution in [0.4, 0.5) is 0 Å². The van der Waals surface area contributed by atoms with Crippen molar-refractivity contribution in [3.8, 4) is 0 Å². The molecule has 0 aliphatic carbocycles. The van der Waals surface area contributed by atoms with Crippen molar-refractivity contribution in [3.63, 3.8) is 0 Å². The Labute approximate surface area is 221 Å². The van der Waals surface area contributed by atoms with Crippen molar-refractivity contribution in [3.05, 3.63) is 25.3 Å². The van der Waals surface area contributed by atoms with Gasteiger partial charge in [-0.15, -0.1) is 24.9 Å². The average Bonchev–Trinajstić information content (AvgIpc) is 3.44. The first kappa shape index (κ1) is 28.8. The lowest BCUT2D eigenvalue weighted by atomic mass is 9.65. The highest BCUT2D eigenvalue weighted by Gasteiger charge is 2.76. The third-order valence-corrected chi connectivity index (χ3v) is 10.4. The molecule has 1 spiro atoms. The largest absolute Gasteiger partial charge is 0.396 e. The highest BCUT2D eigenvalue weighted by molar-refractivity contribution is 8.02. The highest BCUT2D eigenvalue weighted by Crippen LogP contribution is 2.68. The van der Waals surface area contributed by atoms with E-state index in [1.54, 1.807) is 40.8 Å². The van der Waals surface area contributed by atoms with Crippen molar-refractivity contribution < 1.29 is 19.5 Å². The van der Waals surface area contributed by atoms with E-state index >= 15 is 0 Å². The molecule has 0 aromatic rings. The third-order valence-electron chi connectivity index (χ3n) is 8.29. The van der Waals surface area contributed by atoms with Crippen LogP contribution in [0.2, 0.25) is 0 Å². The van der Waals surface area contributed by atoms with Gasteiger partial charge in [-0.1, -0.05) is 38.8 Å². The molecule has 36 heavy (non-hydrogen) atoms. The fraction of sp³-hybridized carbons (Fsp3) is 0.750. The number of carbonyl (C=O) groups excluding carboxylic acids is 3. The second-order valence-corrected chi connectivity index (χ2v) is 12.2. The number of rotatable bonds is 15. The van der Waals surface area contributed by atoms with Crippen LogP contribution in [0.5, 0.6) is 0 Å². The molecule has 3 aliphatic heterocycles. The number of unbranched alkanes of at least 4 members (excludes halogenated alkanes) is 4. The van der Waals surface area contributed by atoms with Crippen LogP contribution < -0.4 is 0 Å². The molecule has 1 N–H and O–H groups in total. The summed E-state index contributed by atoms with van der Waals surface area (Å²) in [6.07, 6.45) is 9.54. The number of amides is 3. The van der Waals surface area contributed by atoms with Gasteiger partial charge in [-0.05, 0) is 38.0 Å². The number of likely N-dealkylation sites (tertiary alicyclic amines) is 1. The summed E-state index contributed by atoms with van der Waals surface area (Å²) in [5.74, 6) is -0.794. The van der Waals surface area contributed by atoms with Gasteiger partial charge in [0.1, 0.15) is 6.04 Å². The zero-order valence-electron chi connectivity index (χ0n) is 22.4. The Morgan fingerprint density at radius 3 is 2.50 bits per heavy atom. The minimum atomic E-state index is -0.588. The predicted octanol–water partition coefficient (Wildman–Crippen LogP) is 3.34. The van der Waals surface area contributed by atoms with Gasteiger partial charge in [0.25, 0.3) is 0 Å². The first-order valence-corrected chi connectivity index (χ1v) is 14.5. The van der Waals surface area contributed by atoms with Crippen molar-refractivity contribution in [2.24, 2.45) is 17.8 Å². The number of fused-ring (bicyclic) bond motifs is 1. The Bertz CT molecular complexity index is 836. The van der Waals surface area contributed by atoms with E-state index in [4.69, 9.17) is 0 Å². The van der Waals surface area contributed by atoms with E-state index in [0.29, 0.717) is 32.6 Å². The lowest BCUT2D eigenvalue weighted by molar-refractivity contribution is -0.144. The maximum atomic E-state index is 14.3. The number of hydrogen-bond acceptors (Lipinski definition) is 5. The van der Waals surface area contributed by atoms with E-state index in [1.807, 2.05) is 4.90 Å². The van der Waals surface area contributed by atoms with E-state index in [1.165, 1.54) is 0 Å². The lowest BCUT2D eigenvalue weighted by Crippen LogP contribution is -2.57. The normalized spacial score (nSPS) is 30.4. The standard InChI is InChI=1S/C28H45N3O4S/c1-6-9-11-16-30(15-8-3)27(35)24-28-20(4)19-21(36-28)22(25(33)29(5)14-7-2)23(28)26(34)31(24)17-12-10-13-18-32/h7-8,20-24,32H,2-3,6,9-19H2,1,4-5H3/t20?,21-,22+,23-,24?,28?/m0/s1. The van der Waals surface area contributed by atoms with Gasteiger partial charge in [0.15, 0.2) is 0 Å². The fourth-order valence-corrected chi connectivity index (χ4v) is 9.01. The van der Waals surface area contributed by atoms with Gasteiger partial charge in [0.2, 0.25) is 17.7 Å². The zero-order chi connectivity index (χ0) is 26.5. The Balaban J connectivity index is 1.99. The molecular weight excluding hydrogens is 474 g/mol. The van der Waals surface area contributed by atoms with E-state index in [2.05, 4.69) is 27.0 Å². The molecule has 3 unspecified atom stereocenters. The van der Waals surface area contributed by atoms with Gasteiger partial charge in [-0.25, -0.2) is 0 Å². The second-order valence-electron chi connectivity index (χ2n) is 10.7. The van der Waals surface area contributed by atoms with Crippen LogP contribution in [0, 0.1) is 17.8 Å². The van der Waals surface area contributed by atoms with E-state index in [0.717, 1.165) is 38.5 Å². The molecule has 3 rings (SSSR count). The minimum absolute atomic E-state index is 0.00319. The predicted molar refractivity (Wildman–Crippen MR) is 145 cm³/mol. The topological polar surface area (TPSA) is 81.2 Å². The van der Waals surface area contributed by atoms with Gasteiger partial charge in [0, 0.05) is 45.1 Å². The molecule has 3 aliphatic rings. The van der Waals surface area contributed by atoms with E-state index in [-0.39, 0.29) is 35.5 Å². The summed E-state index contributed by atoms with van der Waals surface area (Å²) < 4.78 is -0.588. The number of aliphatic hydroxyl groups excluding tert-OH is 1. The summed E-state index contributed by atoms with van der Waals surface area (Å²) >= 11 is 1.73. The van der Waals surface area contributed by atoms with E-state index in [9.17, 15) is 19.5 Å². The summed E-state index contributed by atoms with van der Waals surface area (Å²) in [6.45, 7) is 14.1. The van der Waals surface area contributed by atoms with Crippen LogP contribution in [0.25, 0.3) is 0 Å². The van der Waals surface area contributed by atoms with Crippen LogP contribution >= 0.6 is 11.8 Å². The summed E-state index contributed by atoms with van der Waals surface area (Å²) in [4.78, 5) is 47.3. The molecule has 0 radical (unpaired) electrons. The summed E-state index contributed by atoms with van der Waals surface area (Å²) in [5, 5.41) is 9.27. The molecule has 3 fully saturated rings. The second kappa shape index (κ2) is 12.6. The fourth-order valence-electron chi connectivity index (χ4n) is 6.60. The Kier molecular flexibility index (Phi) is 10.1. The number of hydrogen-bond donors (Lipinski definition) is 1. The molecule has 2 bridgehead atoms. The molecule has 0 saturated carbocycles. The van der Waals surface area contributed by atoms with Crippen LogP contribution in [-0.4, -0.2) is 93.4 Å². The number of carbonyl (C=O) groups is 3. The quantitative estimate of drug-likeness (QED) is 0.265. The average molecular weight is 520 g/mol. The molecule has 0 aromatic heterocycles. The molecular formula is C28H45N3O4S. The highest BCUT2D eigenvalue weighted by atomic mass is 32.2. The SMILES string of the molecule is C=CCN(C)C(=O)[C@@H]1[C@@H]2CC(C)C3(S2)C(C(=O)N(CC=C)CCCCC)N(CCCCCO)C(=O)[C@H]13. The molecule has 6 atom stereocenters. The van der Waals surface area contributed by atoms with Gasteiger partial charge >= 0.3 is 0 Å². The molecule has 0 aromatic carbocycles. The van der Waals surface area contributed by atoms with Crippen LogP contribution in [0.15, 0.2) is 25.3 Å². The number of thioether (sulfide) groups is 1. The number of nitrogens with zero attached hydrogens (tertiary/aromatic N) is 3. The maximum Gasteiger partial charge on any atom is 0.247 e. The summed E-state index contributed by atoms with van der Waals surface area (Å²) in [7, 11) is 1.77. The minimum Gasteiger partial charge on any atom is -0.396 e. The van der Waals surface area contributed by atoms with Gasteiger partial charge in [-0.3, -0.25) is 14.4 Å². The molecule has 3 amide bonds. The van der Waals surface area contributed by atoms with Crippen molar-refractivity contribution >= 4 is 29.5 Å². The lowest BCUT2D eigenvalue weighted by Gasteiger charge is -2.41.